The van der Waals surface area contributed by atoms with Crippen molar-refractivity contribution in [2.45, 2.75) is 24.9 Å². The molecular formula is C27H29N4O9PS. The molecule has 2 N–H and O–H groups in total. The number of imide groups is 1. The number of anilines is 1. The van der Waals surface area contributed by atoms with Crippen molar-refractivity contribution in [1.82, 2.24) is 15.2 Å². The zero-order valence-electron chi connectivity index (χ0n) is 23.1. The minimum atomic E-state index is -3.40. The first-order chi connectivity index (χ1) is 20.1. The first-order valence-corrected chi connectivity index (χ1v) is 15.2. The van der Waals surface area contributed by atoms with Gasteiger partial charge >= 0.3 is 19.6 Å². The van der Waals surface area contributed by atoms with Crippen molar-refractivity contribution in [3.8, 4) is 5.75 Å². The van der Waals surface area contributed by atoms with Gasteiger partial charge in [-0.05, 0) is 23.3 Å². The molecular weight excluding hydrogens is 587 g/mol. The summed E-state index contributed by atoms with van der Waals surface area (Å²) in [6.45, 7) is 1.74. The molecule has 0 bridgehead atoms. The van der Waals surface area contributed by atoms with E-state index in [0.29, 0.717) is 11.3 Å². The van der Waals surface area contributed by atoms with Crippen LogP contribution in [0.4, 0.5) is 9.93 Å². The fourth-order valence-electron chi connectivity index (χ4n) is 4.29. The van der Waals surface area contributed by atoms with Crippen LogP contribution in [-0.2, 0) is 27.9 Å². The summed E-state index contributed by atoms with van der Waals surface area (Å²) in [5, 5.41) is 6.82. The predicted octanol–water partition coefficient (Wildman–Crippen LogP) is 4.16. The van der Waals surface area contributed by atoms with Crippen molar-refractivity contribution in [3.05, 3.63) is 76.8 Å². The minimum Gasteiger partial charge on any atom is -0.481 e. The SMILES string of the molecule is COC(=O)c1csc(NC(=O)[C@H]([C@@H](C)c2ccccc2)N2C(=O)N[C@H](c3ccc(OCP(=O)(OC)OC)cc3)C2=O)n1. The van der Waals surface area contributed by atoms with Crippen LogP contribution in [0.25, 0.3) is 0 Å². The van der Waals surface area contributed by atoms with Crippen LogP contribution in [0.5, 0.6) is 5.75 Å². The standard InChI is InChI=1S/C27H29N4O9PS/c1-16(17-8-6-5-7-9-17)22(23(32)30-26-28-20(14-42-26)25(34)37-2)31-24(33)21(29-27(31)35)18-10-12-19(13-11-18)40-15-41(36,38-3)39-4/h5-14,16,21-22H,15H2,1-4H3,(H,29,35)(H,28,30,32)/t16-,21+,22-/m0/s1. The van der Waals surface area contributed by atoms with E-state index in [4.69, 9.17) is 13.8 Å². The second-order valence-electron chi connectivity index (χ2n) is 9.07. The minimum absolute atomic E-state index is 0.0141. The van der Waals surface area contributed by atoms with E-state index >= 15 is 0 Å². The van der Waals surface area contributed by atoms with Crippen molar-refractivity contribution < 1.29 is 42.3 Å². The Morgan fingerprint density at radius 1 is 1.07 bits per heavy atom. The number of urea groups is 1. The number of nitrogens with zero attached hydrogens (tertiary/aromatic N) is 2. The maximum atomic E-state index is 13.7. The lowest BCUT2D eigenvalue weighted by molar-refractivity contribution is -0.134. The Balaban J connectivity index is 1.57. The van der Waals surface area contributed by atoms with Crippen LogP contribution in [0.2, 0.25) is 0 Å². The lowest BCUT2D eigenvalue weighted by Crippen LogP contribution is -2.50. The Kier molecular flexibility index (Phi) is 9.74. The molecule has 1 aliphatic rings. The Morgan fingerprint density at radius 2 is 1.74 bits per heavy atom. The Morgan fingerprint density at radius 3 is 2.36 bits per heavy atom. The highest BCUT2D eigenvalue weighted by Crippen LogP contribution is 2.46. The van der Waals surface area contributed by atoms with E-state index < -0.39 is 49.4 Å². The molecule has 0 aliphatic carbocycles. The molecule has 42 heavy (non-hydrogen) atoms. The maximum Gasteiger partial charge on any atom is 0.367 e. The zero-order chi connectivity index (χ0) is 30.4. The number of esters is 1. The number of benzene rings is 2. The van der Waals surface area contributed by atoms with E-state index in [2.05, 4.69) is 20.4 Å². The molecule has 1 aromatic heterocycles. The summed E-state index contributed by atoms with van der Waals surface area (Å²) < 4.78 is 32.1. The topological polar surface area (TPSA) is 162 Å². The van der Waals surface area contributed by atoms with E-state index in [1.807, 2.05) is 6.07 Å². The second kappa shape index (κ2) is 13.3. The Hall–Kier alpha value is -4.10. The van der Waals surface area contributed by atoms with E-state index in [1.165, 1.54) is 26.7 Å². The molecule has 2 aromatic carbocycles. The average molecular weight is 617 g/mol. The van der Waals surface area contributed by atoms with Crippen molar-refractivity contribution in [2.24, 2.45) is 0 Å². The molecule has 1 fully saturated rings. The largest absolute Gasteiger partial charge is 0.481 e. The van der Waals surface area contributed by atoms with Gasteiger partial charge < -0.3 is 29.2 Å². The number of carbonyl (C=O) groups is 4. The van der Waals surface area contributed by atoms with E-state index in [9.17, 15) is 23.7 Å². The maximum absolute atomic E-state index is 13.7. The molecule has 2 heterocycles. The van der Waals surface area contributed by atoms with Crippen molar-refractivity contribution in [2.75, 3.05) is 33.0 Å². The summed E-state index contributed by atoms with van der Waals surface area (Å²) >= 11 is 1.00. The fraction of sp³-hybridized carbons (Fsp3) is 0.296. The van der Waals surface area contributed by atoms with Gasteiger partial charge in [-0.25, -0.2) is 19.5 Å². The van der Waals surface area contributed by atoms with Crippen LogP contribution >= 0.6 is 18.9 Å². The number of rotatable bonds is 12. The van der Waals surface area contributed by atoms with Crippen molar-refractivity contribution in [1.29, 1.82) is 0 Å². The summed E-state index contributed by atoms with van der Waals surface area (Å²) in [6, 6.07) is 12.2. The van der Waals surface area contributed by atoms with Gasteiger partial charge in [0.15, 0.2) is 17.2 Å². The van der Waals surface area contributed by atoms with Gasteiger partial charge in [0.25, 0.3) is 5.91 Å². The number of amides is 4. The highest BCUT2D eigenvalue weighted by atomic mass is 32.1. The van der Waals surface area contributed by atoms with Crippen LogP contribution in [0.3, 0.4) is 0 Å². The van der Waals surface area contributed by atoms with Gasteiger partial charge in [0.2, 0.25) is 5.91 Å². The number of carbonyl (C=O) groups excluding carboxylic acids is 4. The van der Waals surface area contributed by atoms with Crippen LogP contribution in [0.15, 0.2) is 60.0 Å². The highest BCUT2D eigenvalue weighted by molar-refractivity contribution is 7.53. The van der Waals surface area contributed by atoms with Gasteiger partial charge in [0.05, 0.1) is 7.11 Å². The monoisotopic (exact) mass is 616 g/mol. The van der Waals surface area contributed by atoms with Gasteiger partial charge in [-0.1, -0.05) is 49.4 Å². The number of hydrogen-bond acceptors (Lipinski definition) is 11. The number of aromatic nitrogens is 1. The zero-order valence-corrected chi connectivity index (χ0v) is 24.8. The number of ether oxygens (including phenoxy) is 2. The molecule has 0 saturated carbocycles. The molecule has 3 aromatic rings. The molecule has 1 aliphatic heterocycles. The molecule has 4 rings (SSSR count). The van der Waals surface area contributed by atoms with Crippen LogP contribution in [0.1, 0.15) is 40.5 Å². The number of hydrogen-bond donors (Lipinski definition) is 2. The first-order valence-electron chi connectivity index (χ1n) is 12.6. The molecule has 0 spiro atoms. The molecule has 15 heteroatoms. The molecule has 222 valence electrons. The van der Waals surface area contributed by atoms with Gasteiger partial charge in [-0.15, -0.1) is 11.3 Å². The molecule has 0 radical (unpaired) electrons. The quantitative estimate of drug-likeness (QED) is 0.172. The lowest BCUT2D eigenvalue weighted by atomic mass is 9.91. The molecule has 0 unspecified atom stereocenters. The summed E-state index contributed by atoms with van der Waals surface area (Å²) in [7, 11) is 0.318. The third-order valence-corrected chi connectivity index (χ3v) is 8.92. The number of methoxy groups -OCH3 is 1. The second-order valence-corrected chi connectivity index (χ2v) is 12.1. The van der Waals surface area contributed by atoms with Gasteiger partial charge in [0, 0.05) is 25.5 Å². The van der Waals surface area contributed by atoms with Crippen molar-refractivity contribution in [3.63, 3.8) is 0 Å². The Labute approximate surface area is 245 Å². The smallest absolute Gasteiger partial charge is 0.367 e. The molecule has 4 amide bonds. The fourth-order valence-corrected chi connectivity index (χ4v) is 5.64. The first kappa shape index (κ1) is 30.8. The molecule has 1 saturated heterocycles. The average Bonchev–Trinajstić information content (AvgIpc) is 3.60. The third kappa shape index (κ3) is 6.68. The molecule has 3 atom stereocenters. The van der Waals surface area contributed by atoms with Crippen LogP contribution in [-0.4, -0.2) is 67.4 Å². The highest BCUT2D eigenvalue weighted by Gasteiger charge is 2.47. The van der Waals surface area contributed by atoms with E-state index in [1.54, 1.807) is 55.5 Å². The summed E-state index contributed by atoms with van der Waals surface area (Å²) in [5.74, 6) is -2.22. The number of thiazole rings is 1. The predicted molar refractivity (Wildman–Crippen MR) is 152 cm³/mol. The van der Waals surface area contributed by atoms with Crippen LogP contribution < -0.4 is 15.4 Å². The van der Waals surface area contributed by atoms with Gasteiger partial charge in [0.1, 0.15) is 17.8 Å². The number of nitrogens with one attached hydrogen (secondary N) is 2. The summed E-state index contributed by atoms with van der Waals surface area (Å²) in [5.41, 5.74) is 1.18. The van der Waals surface area contributed by atoms with E-state index in [-0.39, 0.29) is 17.2 Å². The summed E-state index contributed by atoms with van der Waals surface area (Å²) in [4.78, 5) is 57.4. The van der Waals surface area contributed by atoms with Gasteiger partial charge in [-0.3, -0.25) is 14.2 Å². The normalized spacial score (nSPS) is 16.5. The van der Waals surface area contributed by atoms with E-state index in [0.717, 1.165) is 21.8 Å². The Bertz CT molecular complexity index is 1490. The third-order valence-electron chi connectivity index (χ3n) is 6.60. The summed E-state index contributed by atoms with van der Waals surface area (Å²) in [6.07, 6.45) is -0.319. The molecule has 13 nitrogen and oxygen atoms in total. The van der Waals surface area contributed by atoms with Gasteiger partial charge in [-0.2, -0.15) is 0 Å². The van der Waals surface area contributed by atoms with Crippen LogP contribution in [0, 0.1) is 0 Å². The lowest BCUT2D eigenvalue weighted by Gasteiger charge is -2.29. The van der Waals surface area contributed by atoms with Crippen molar-refractivity contribution >= 4 is 47.9 Å².